The van der Waals surface area contributed by atoms with Gasteiger partial charge in [0.2, 0.25) is 0 Å². The van der Waals surface area contributed by atoms with E-state index >= 15 is 0 Å². The Hall–Kier alpha value is -0.650. The summed E-state index contributed by atoms with van der Waals surface area (Å²) in [4.78, 5) is 11.6. The highest BCUT2D eigenvalue weighted by Crippen LogP contribution is 2.25. The van der Waals surface area contributed by atoms with Crippen molar-refractivity contribution in [2.75, 3.05) is 19.6 Å². The number of likely N-dealkylation sites (tertiary alicyclic amines) is 1. The molecule has 0 aromatic carbocycles. The van der Waals surface area contributed by atoms with Crippen LogP contribution in [0.4, 0.5) is 0 Å². The Morgan fingerprint density at radius 1 is 1.35 bits per heavy atom. The highest BCUT2D eigenvalue weighted by molar-refractivity contribution is 9.10. The highest BCUT2D eigenvalue weighted by atomic mass is 79.9. The molecule has 3 rings (SSSR count). The predicted octanol–water partition coefficient (Wildman–Crippen LogP) is 3.59. The van der Waals surface area contributed by atoms with Crippen molar-refractivity contribution in [3.8, 4) is 0 Å². The van der Waals surface area contributed by atoms with E-state index in [1.54, 1.807) is 0 Å². The molecule has 2 aromatic heterocycles. The molecule has 0 amide bonds. The molecule has 6 heteroatoms. The number of imidazole rings is 1. The predicted molar refractivity (Wildman–Crippen MR) is 85.2 cm³/mol. The van der Waals surface area contributed by atoms with E-state index in [0.29, 0.717) is 0 Å². The summed E-state index contributed by atoms with van der Waals surface area (Å²) in [5, 5.41) is -0.110. The molecule has 20 heavy (non-hydrogen) atoms. The average molecular weight is 358 g/mol. The minimum Gasteiger partial charge on any atom is -0.310 e. The maximum Gasteiger partial charge on any atom is 0.160 e. The third-order valence-corrected chi connectivity index (χ3v) is 4.40. The van der Waals surface area contributed by atoms with E-state index in [1.165, 1.54) is 25.9 Å². The van der Waals surface area contributed by atoms with Crippen molar-refractivity contribution in [2.24, 2.45) is 0 Å². The standard InChI is InChI=1S/C14H18BrClN4/c1-10(16)13-18-12-8-11(15)9-17-14(12)20(13)7-6-19-4-2-3-5-19/h8-10H,2-7H2,1H3. The molecule has 4 nitrogen and oxygen atoms in total. The second-order valence-corrected chi connectivity index (χ2v) is 6.85. The van der Waals surface area contributed by atoms with E-state index in [2.05, 4.69) is 35.4 Å². The SMILES string of the molecule is CC(Cl)c1nc2cc(Br)cnc2n1CCN1CCCC1. The first-order chi connectivity index (χ1) is 9.65. The van der Waals surface area contributed by atoms with Crippen LogP contribution in [0.15, 0.2) is 16.7 Å². The van der Waals surface area contributed by atoms with Gasteiger partial charge in [-0.1, -0.05) is 0 Å². The first-order valence-corrected chi connectivity index (χ1v) is 8.26. The second-order valence-electron chi connectivity index (χ2n) is 5.28. The van der Waals surface area contributed by atoms with Gasteiger partial charge in [-0.2, -0.15) is 0 Å². The van der Waals surface area contributed by atoms with Crippen LogP contribution in [-0.2, 0) is 6.54 Å². The van der Waals surface area contributed by atoms with Crippen LogP contribution in [0, 0.1) is 0 Å². The largest absolute Gasteiger partial charge is 0.310 e. The molecule has 0 radical (unpaired) electrons. The van der Waals surface area contributed by atoms with Crippen LogP contribution in [0.2, 0.25) is 0 Å². The van der Waals surface area contributed by atoms with Crippen LogP contribution in [-0.4, -0.2) is 39.1 Å². The monoisotopic (exact) mass is 356 g/mol. The maximum atomic E-state index is 6.28. The van der Waals surface area contributed by atoms with Crippen LogP contribution < -0.4 is 0 Å². The topological polar surface area (TPSA) is 34.0 Å². The number of nitrogens with zero attached hydrogens (tertiary/aromatic N) is 4. The number of aromatic nitrogens is 3. The molecule has 1 fully saturated rings. The van der Waals surface area contributed by atoms with Crippen molar-refractivity contribution in [2.45, 2.75) is 31.7 Å². The fraction of sp³-hybridized carbons (Fsp3) is 0.571. The summed E-state index contributed by atoms with van der Waals surface area (Å²) < 4.78 is 3.11. The van der Waals surface area contributed by atoms with Gasteiger partial charge in [-0.05, 0) is 54.9 Å². The zero-order valence-electron chi connectivity index (χ0n) is 11.5. The molecular weight excluding hydrogens is 340 g/mol. The van der Waals surface area contributed by atoms with Gasteiger partial charge in [0, 0.05) is 23.8 Å². The molecule has 1 atom stereocenters. The quantitative estimate of drug-likeness (QED) is 0.784. The lowest BCUT2D eigenvalue weighted by Crippen LogP contribution is -2.25. The summed E-state index contributed by atoms with van der Waals surface area (Å²) in [6.07, 6.45) is 4.45. The molecule has 1 aliphatic heterocycles. The van der Waals surface area contributed by atoms with Gasteiger partial charge < -0.3 is 9.47 Å². The number of hydrogen-bond donors (Lipinski definition) is 0. The summed E-state index contributed by atoms with van der Waals surface area (Å²) >= 11 is 9.72. The van der Waals surface area contributed by atoms with Gasteiger partial charge in [0.25, 0.3) is 0 Å². The highest BCUT2D eigenvalue weighted by Gasteiger charge is 2.18. The summed E-state index contributed by atoms with van der Waals surface area (Å²) in [6.45, 7) is 6.32. The molecule has 0 N–H and O–H groups in total. The first-order valence-electron chi connectivity index (χ1n) is 7.03. The van der Waals surface area contributed by atoms with Crippen molar-refractivity contribution in [1.29, 1.82) is 0 Å². The molecule has 108 valence electrons. The van der Waals surface area contributed by atoms with Crippen molar-refractivity contribution in [3.63, 3.8) is 0 Å². The second kappa shape index (κ2) is 6.00. The lowest BCUT2D eigenvalue weighted by Gasteiger charge is -2.16. The van der Waals surface area contributed by atoms with Gasteiger partial charge in [-0.3, -0.25) is 0 Å². The summed E-state index contributed by atoms with van der Waals surface area (Å²) in [5.41, 5.74) is 1.83. The Morgan fingerprint density at radius 2 is 2.10 bits per heavy atom. The minimum absolute atomic E-state index is 0.110. The van der Waals surface area contributed by atoms with Crippen molar-refractivity contribution < 1.29 is 0 Å². The fourth-order valence-corrected chi connectivity index (χ4v) is 3.26. The molecule has 1 saturated heterocycles. The van der Waals surface area contributed by atoms with Crippen molar-refractivity contribution >= 4 is 38.7 Å². The summed E-state index contributed by atoms with van der Waals surface area (Å²) in [5.74, 6) is 0.909. The van der Waals surface area contributed by atoms with Crippen LogP contribution in [0.25, 0.3) is 11.2 Å². The number of halogens is 2. The van der Waals surface area contributed by atoms with Gasteiger partial charge in [0.15, 0.2) is 5.65 Å². The molecule has 0 spiro atoms. The van der Waals surface area contributed by atoms with Gasteiger partial charge >= 0.3 is 0 Å². The van der Waals surface area contributed by atoms with Gasteiger partial charge in [0.1, 0.15) is 11.3 Å². The number of hydrogen-bond acceptors (Lipinski definition) is 3. The Morgan fingerprint density at radius 3 is 2.80 bits per heavy atom. The Kier molecular flexibility index (Phi) is 4.29. The molecule has 0 bridgehead atoms. The maximum absolute atomic E-state index is 6.28. The molecule has 1 unspecified atom stereocenters. The number of fused-ring (bicyclic) bond motifs is 1. The zero-order chi connectivity index (χ0) is 14.1. The summed E-state index contributed by atoms with van der Waals surface area (Å²) in [6, 6.07) is 2.00. The van der Waals surface area contributed by atoms with E-state index < -0.39 is 0 Å². The molecule has 3 heterocycles. The van der Waals surface area contributed by atoms with Crippen LogP contribution >= 0.6 is 27.5 Å². The van der Waals surface area contributed by atoms with E-state index in [0.717, 1.165) is 34.6 Å². The Bertz CT molecular complexity index is 604. The van der Waals surface area contributed by atoms with Gasteiger partial charge in [-0.25, -0.2) is 9.97 Å². The average Bonchev–Trinajstić information content (AvgIpc) is 3.02. The smallest absolute Gasteiger partial charge is 0.160 e. The number of alkyl halides is 1. The van der Waals surface area contributed by atoms with E-state index in [9.17, 15) is 0 Å². The van der Waals surface area contributed by atoms with Crippen molar-refractivity contribution in [1.82, 2.24) is 19.4 Å². The molecule has 0 aliphatic carbocycles. The minimum atomic E-state index is -0.110. The third kappa shape index (κ3) is 2.85. The van der Waals surface area contributed by atoms with Gasteiger partial charge in [-0.15, -0.1) is 11.6 Å². The van der Waals surface area contributed by atoms with Crippen LogP contribution in [0.3, 0.4) is 0 Å². The van der Waals surface area contributed by atoms with Crippen molar-refractivity contribution in [3.05, 3.63) is 22.6 Å². The van der Waals surface area contributed by atoms with E-state index in [-0.39, 0.29) is 5.38 Å². The number of rotatable bonds is 4. The Balaban J connectivity index is 1.91. The Labute approximate surface area is 132 Å². The lowest BCUT2D eigenvalue weighted by molar-refractivity contribution is 0.322. The third-order valence-electron chi connectivity index (χ3n) is 3.78. The zero-order valence-corrected chi connectivity index (χ0v) is 13.9. The normalized spacial score (nSPS) is 17.9. The number of pyridine rings is 1. The van der Waals surface area contributed by atoms with Crippen LogP contribution in [0.1, 0.15) is 31.0 Å². The van der Waals surface area contributed by atoms with Gasteiger partial charge in [0.05, 0.1) is 5.38 Å². The molecule has 2 aromatic rings. The lowest BCUT2D eigenvalue weighted by atomic mass is 10.4. The molecule has 1 aliphatic rings. The van der Waals surface area contributed by atoms with E-state index in [1.807, 2.05) is 19.2 Å². The fourth-order valence-electron chi connectivity index (χ4n) is 2.78. The first kappa shape index (κ1) is 14.3. The molecule has 0 saturated carbocycles. The summed E-state index contributed by atoms with van der Waals surface area (Å²) in [7, 11) is 0. The van der Waals surface area contributed by atoms with E-state index in [4.69, 9.17) is 11.6 Å². The van der Waals surface area contributed by atoms with Crippen LogP contribution in [0.5, 0.6) is 0 Å². The molecular formula is C14H18BrClN4.